The minimum atomic E-state index is -0.408. The number of hydrogen-bond donors (Lipinski definition) is 1. The van der Waals surface area contributed by atoms with Crippen LogP contribution in [0, 0.1) is 6.92 Å². The van der Waals surface area contributed by atoms with E-state index in [1.54, 1.807) is 42.8 Å². The molecular weight excluding hydrogens is 414 g/mol. The average Bonchev–Trinajstić information content (AvgIpc) is 3.41. The third-order valence-electron chi connectivity index (χ3n) is 4.55. The largest absolute Gasteiger partial charge is 0.462 e. The molecule has 156 valence electrons. The number of hydrogen-bond acceptors (Lipinski definition) is 7. The van der Waals surface area contributed by atoms with Gasteiger partial charge in [-0.3, -0.25) is 10.1 Å². The number of benzene rings is 2. The molecule has 0 spiro atoms. The molecule has 0 unspecified atom stereocenters. The first-order chi connectivity index (χ1) is 15.1. The fraction of sp³-hybridized carbons (Fsp3) is 0.136. The summed E-state index contributed by atoms with van der Waals surface area (Å²) in [6.45, 7) is 3.85. The molecule has 1 N–H and O–H groups in total. The number of carbonyl (C=O) groups excluding carboxylic acids is 2. The Labute approximate surface area is 182 Å². The summed E-state index contributed by atoms with van der Waals surface area (Å²) < 4.78 is 6.67. The van der Waals surface area contributed by atoms with Gasteiger partial charge in [0.1, 0.15) is 10.6 Å². The van der Waals surface area contributed by atoms with Crippen molar-refractivity contribution in [1.82, 2.24) is 20.0 Å². The molecule has 0 aliphatic rings. The van der Waals surface area contributed by atoms with Crippen LogP contribution in [0.5, 0.6) is 0 Å². The van der Waals surface area contributed by atoms with Crippen LogP contribution in [0.25, 0.3) is 16.3 Å². The molecular formula is C22H19N5O3S. The van der Waals surface area contributed by atoms with Gasteiger partial charge in [-0.25, -0.2) is 9.48 Å². The van der Waals surface area contributed by atoms with Gasteiger partial charge in [0.25, 0.3) is 5.91 Å². The Kier molecular flexibility index (Phi) is 5.85. The number of anilines is 1. The van der Waals surface area contributed by atoms with E-state index in [0.29, 0.717) is 28.6 Å². The molecule has 0 radical (unpaired) electrons. The zero-order valence-corrected chi connectivity index (χ0v) is 17.7. The first-order valence-electron chi connectivity index (χ1n) is 9.59. The normalized spacial score (nSPS) is 10.6. The fourth-order valence-corrected chi connectivity index (χ4v) is 3.72. The molecule has 2 aromatic heterocycles. The van der Waals surface area contributed by atoms with Gasteiger partial charge in [0, 0.05) is 11.1 Å². The second kappa shape index (κ2) is 8.88. The van der Waals surface area contributed by atoms with E-state index in [2.05, 4.69) is 20.6 Å². The zero-order valence-electron chi connectivity index (χ0n) is 16.9. The van der Waals surface area contributed by atoms with Crippen molar-refractivity contribution in [3.63, 3.8) is 0 Å². The van der Waals surface area contributed by atoms with Crippen LogP contribution < -0.4 is 5.32 Å². The lowest BCUT2D eigenvalue weighted by atomic mass is 10.2. The van der Waals surface area contributed by atoms with Crippen molar-refractivity contribution in [2.45, 2.75) is 13.8 Å². The van der Waals surface area contributed by atoms with Crippen molar-refractivity contribution in [2.24, 2.45) is 0 Å². The summed E-state index contributed by atoms with van der Waals surface area (Å²) in [6.07, 6.45) is 1.48. The molecule has 1 amide bonds. The maximum absolute atomic E-state index is 12.6. The SMILES string of the molecule is CCOC(=O)c1cnn(-c2ccc(C(=O)Nc3nnc(-c4ccccc4)s3)cc2)c1C. The predicted octanol–water partition coefficient (Wildman–Crippen LogP) is 4.13. The molecule has 0 aliphatic carbocycles. The van der Waals surface area contributed by atoms with Crippen LogP contribution in [-0.4, -0.2) is 38.5 Å². The maximum atomic E-state index is 12.6. The Hall–Kier alpha value is -3.85. The van der Waals surface area contributed by atoms with E-state index in [0.717, 1.165) is 16.3 Å². The van der Waals surface area contributed by atoms with E-state index in [9.17, 15) is 9.59 Å². The lowest BCUT2D eigenvalue weighted by Gasteiger charge is -2.07. The highest BCUT2D eigenvalue weighted by atomic mass is 32.1. The number of esters is 1. The third kappa shape index (κ3) is 4.36. The highest BCUT2D eigenvalue weighted by Gasteiger charge is 2.17. The summed E-state index contributed by atoms with van der Waals surface area (Å²) in [7, 11) is 0. The Balaban J connectivity index is 1.47. The van der Waals surface area contributed by atoms with Crippen LogP contribution in [0.2, 0.25) is 0 Å². The van der Waals surface area contributed by atoms with Gasteiger partial charge in [0.05, 0.1) is 24.2 Å². The Morgan fingerprint density at radius 1 is 1.06 bits per heavy atom. The molecule has 0 bridgehead atoms. The van der Waals surface area contributed by atoms with Crippen LogP contribution >= 0.6 is 11.3 Å². The number of ether oxygens (including phenoxy) is 1. The van der Waals surface area contributed by atoms with Crippen LogP contribution in [0.4, 0.5) is 5.13 Å². The quantitative estimate of drug-likeness (QED) is 0.459. The monoisotopic (exact) mass is 433 g/mol. The number of amides is 1. The molecule has 0 saturated carbocycles. The number of nitrogens with one attached hydrogen (secondary N) is 1. The van der Waals surface area contributed by atoms with E-state index in [1.807, 2.05) is 30.3 Å². The minimum absolute atomic E-state index is 0.285. The van der Waals surface area contributed by atoms with Gasteiger partial charge in [-0.05, 0) is 38.1 Å². The molecule has 4 aromatic rings. The summed E-state index contributed by atoms with van der Waals surface area (Å²) in [5.74, 6) is -0.694. The molecule has 0 aliphatic heterocycles. The van der Waals surface area contributed by atoms with Crippen LogP contribution in [-0.2, 0) is 4.74 Å². The van der Waals surface area contributed by atoms with Gasteiger partial charge in [-0.15, -0.1) is 10.2 Å². The van der Waals surface area contributed by atoms with Gasteiger partial charge < -0.3 is 4.74 Å². The van der Waals surface area contributed by atoms with Gasteiger partial charge in [-0.1, -0.05) is 41.7 Å². The molecule has 8 nitrogen and oxygen atoms in total. The molecule has 0 saturated heterocycles. The molecule has 0 atom stereocenters. The van der Waals surface area contributed by atoms with Gasteiger partial charge in [0.15, 0.2) is 0 Å². The van der Waals surface area contributed by atoms with Crippen LogP contribution in [0.15, 0.2) is 60.8 Å². The molecule has 2 aromatic carbocycles. The number of carbonyl (C=O) groups is 2. The van der Waals surface area contributed by atoms with Gasteiger partial charge in [0.2, 0.25) is 5.13 Å². The summed E-state index contributed by atoms with van der Waals surface area (Å²) in [5.41, 5.74) is 3.22. The topological polar surface area (TPSA) is 99.0 Å². The molecule has 4 rings (SSSR count). The second-order valence-corrected chi connectivity index (χ2v) is 7.53. The fourth-order valence-electron chi connectivity index (χ4n) is 2.97. The zero-order chi connectivity index (χ0) is 21.8. The lowest BCUT2D eigenvalue weighted by molar-refractivity contribution is 0.0525. The molecule has 31 heavy (non-hydrogen) atoms. The van der Waals surface area contributed by atoms with Crippen molar-refractivity contribution >= 4 is 28.3 Å². The van der Waals surface area contributed by atoms with E-state index in [-0.39, 0.29) is 5.91 Å². The first-order valence-corrected chi connectivity index (χ1v) is 10.4. The smallest absolute Gasteiger partial charge is 0.341 e. The molecule has 0 fully saturated rings. The van der Waals surface area contributed by atoms with Crippen molar-refractivity contribution in [1.29, 1.82) is 0 Å². The minimum Gasteiger partial charge on any atom is -0.462 e. The average molecular weight is 433 g/mol. The van der Waals surface area contributed by atoms with Gasteiger partial charge >= 0.3 is 5.97 Å². The van der Waals surface area contributed by atoms with Crippen molar-refractivity contribution in [3.8, 4) is 16.3 Å². The number of aromatic nitrogens is 4. The van der Waals surface area contributed by atoms with Crippen molar-refractivity contribution in [3.05, 3.63) is 77.6 Å². The Morgan fingerprint density at radius 3 is 2.52 bits per heavy atom. The highest BCUT2D eigenvalue weighted by Crippen LogP contribution is 2.26. The molecule has 9 heteroatoms. The predicted molar refractivity (Wildman–Crippen MR) is 118 cm³/mol. The number of nitrogens with zero attached hydrogens (tertiary/aromatic N) is 4. The number of rotatable bonds is 6. The van der Waals surface area contributed by atoms with E-state index in [4.69, 9.17) is 4.74 Å². The summed E-state index contributed by atoms with van der Waals surface area (Å²) in [5, 5.41) is 16.4. The van der Waals surface area contributed by atoms with Crippen LogP contribution in [0.1, 0.15) is 33.3 Å². The summed E-state index contributed by atoms with van der Waals surface area (Å²) in [6, 6.07) is 16.6. The molecule has 2 heterocycles. The van der Waals surface area contributed by atoms with Crippen molar-refractivity contribution < 1.29 is 14.3 Å². The van der Waals surface area contributed by atoms with Gasteiger partial charge in [-0.2, -0.15) is 5.10 Å². The Morgan fingerprint density at radius 2 is 1.81 bits per heavy atom. The summed E-state index contributed by atoms with van der Waals surface area (Å²) >= 11 is 1.31. The van der Waals surface area contributed by atoms with E-state index < -0.39 is 5.97 Å². The lowest BCUT2D eigenvalue weighted by Crippen LogP contribution is -2.12. The highest BCUT2D eigenvalue weighted by molar-refractivity contribution is 7.18. The van der Waals surface area contributed by atoms with E-state index >= 15 is 0 Å². The summed E-state index contributed by atoms with van der Waals surface area (Å²) in [4.78, 5) is 24.6. The standard InChI is InChI=1S/C22H19N5O3S/c1-3-30-21(29)18-13-23-27(14(18)2)17-11-9-15(10-12-17)19(28)24-22-26-25-20(31-22)16-7-5-4-6-8-16/h4-13H,3H2,1-2H3,(H,24,26,28). The third-order valence-corrected chi connectivity index (χ3v) is 5.43. The first kappa shape index (κ1) is 20.4. The van der Waals surface area contributed by atoms with Crippen molar-refractivity contribution in [2.75, 3.05) is 11.9 Å². The van der Waals surface area contributed by atoms with E-state index in [1.165, 1.54) is 17.5 Å². The maximum Gasteiger partial charge on any atom is 0.341 e. The van der Waals surface area contributed by atoms with Crippen LogP contribution in [0.3, 0.4) is 0 Å². The second-order valence-electron chi connectivity index (χ2n) is 6.56. The Bertz CT molecular complexity index is 1220.